The van der Waals surface area contributed by atoms with Crippen LogP contribution in [0, 0.1) is 0 Å². The van der Waals surface area contributed by atoms with Gasteiger partial charge in [-0.05, 0) is 40.7 Å². The molecule has 0 saturated heterocycles. The Morgan fingerprint density at radius 3 is 2.61 bits per heavy atom. The van der Waals surface area contributed by atoms with Crippen LogP contribution in [-0.4, -0.2) is 35.4 Å². The van der Waals surface area contributed by atoms with E-state index in [-0.39, 0.29) is 11.7 Å². The van der Waals surface area contributed by atoms with Crippen molar-refractivity contribution >= 4 is 5.96 Å². The van der Waals surface area contributed by atoms with Crippen molar-refractivity contribution in [1.82, 2.24) is 20.8 Å². The van der Waals surface area contributed by atoms with Gasteiger partial charge in [-0.15, -0.1) is 0 Å². The molecule has 0 fully saturated rings. The molecular formula is C20H31N5O3. The SMILES string of the molecule is CCOC(C)c1noc(CNC(=NC)NCc2ccccc2OC(C)(C)C)n1. The third-order valence-electron chi connectivity index (χ3n) is 3.73. The van der Waals surface area contributed by atoms with E-state index >= 15 is 0 Å². The van der Waals surface area contributed by atoms with E-state index in [4.69, 9.17) is 14.0 Å². The molecule has 0 aliphatic carbocycles. The molecule has 1 unspecified atom stereocenters. The lowest BCUT2D eigenvalue weighted by Crippen LogP contribution is -2.36. The number of aromatic nitrogens is 2. The summed E-state index contributed by atoms with van der Waals surface area (Å²) in [5, 5.41) is 10.4. The van der Waals surface area contributed by atoms with Gasteiger partial charge in [0.25, 0.3) is 0 Å². The summed E-state index contributed by atoms with van der Waals surface area (Å²) >= 11 is 0. The molecular weight excluding hydrogens is 358 g/mol. The van der Waals surface area contributed by atoms with Crippen LogP contribution in [0.3, 0.4) is 0 Å². The van der Waals surface area contributed by atoms with E-state index < -0.39 is 0 Å². The zero-order valence-electron chi connectivity index (χ0n) is 17.6. The van der Waals surface area contributed by atoms with E-state index in [0.29, 0.717) is 37.4 Å². The lowest BCUT2D eigenvalue weighted by Gasteiger charge is -2.23. The molecule has 8 heteroatoms. The largest absolute Gasteiger partial charge is 0.488 e. The van der Waals surface area contributed by atoms with Gasteiger partial charge in [-0.3, -0.25) is 4.99 Å². The predicted molar refractivity (Wildman–Crippen MR) is 108 cm³/mol. The first-order chi connectivity index (χ1) is 13.3. The Kier molecular flexibility index (Phi) is 7.80. The van der Waals surface area contributed by atoms with Crippen LogP contribution in [0.5, 0.6) is 5.75 Å². The fraction of sp³-hybridized carbons (Fsp3) is 0.550. The molecule has 0 spiro atoms. The van der Waals surface area contributed by atoms with Gasteiger partial charge in [0.05, 0.1) is 6.54 Å². The smallest absolute Gasteiger partial charge is 0.246 e. The summed E-state index contributed by atoms with van der Waals surface area (Å²) in [5.74, 6) is 2.49. The number of nitrogens with one attached hydrogen (secondary N) is 2. The molecule has 1 aromatic carbocycles. The molecule has 28 heavy (non-hydrogen) atoms. The number of benzene rings is 1. The monoisotopic (exact) mass is 389 g/mol. The summed E-state index contributed by atoms with van der Waals surface area (Å²) in [4.78, 5) is 8.57. The Hall–Kier alpha value is -2.61. The zero-order valence-corrected chi connectivity index (χ0v) is 17.6. The van der Waals surface area contributed by atoms with E-state index in [1.807, 2.05) is 58.9 Å². The maximum absolute atomic E-state index is 6.03. The molecule has 2 aromatic rings. The number of hydrogen-bond donors (Lipinski definition) is 2. The number of hydrogen-bond acceptors (Lipinski definition) is 6. The van der Waals surface area contributed by atoms with Crippen LogP contribution in [0.4, 0.5) is 0 Å². The van der Waals surface area contributed by atoms with E-state index in [9.17, 15) is 0 Å². The first kappa shape index (κ1) is 21.7. The normalized spacial score (nSPS) is 13.3. The van der Waals surface area contributed by atoms with Gasteiger partial charge in [-0.25, -0.2) is 0 Å². The molecule has 8 nitrogen and oxygen atoms in total. The summed E-state index contributed by atoms with van der Waals surface area (Å²) in [6.45, 7) is 11.4. The molecule has 1 heterocycles. The van der Waals surface area contributed by atoms with Crippen molar-refractivity contribution < 1.29 is 14.0 Å². The Morgan fingerprint density at radius 1 is 1.21 bits per heavy atom. The molecule has 154 valence electrons. The molecule has 2 N–H and O–H groups in total. The van der Waals surface area contributed by atoms with Crippen molar-refractivity contribution in [3.05, 3.63) is 41.5 Å². The summed E-state index contributed by atoms with van der Waals surface area (Å²) in [7, 11) is 1.71. The third-order valence-corrected chi connectivity index (χ3v) is 3.73. The summed E-state index contributed by atoms with van der Waals surface area (Å²) in [6, 6.07) is 7.95. The molecule has 0 aliphatic heterocycles. The minimum Gasteiger partial charge on any atom is -0.488 e. The number of para-hydroxylation sites is 1. The minimum atomic E-state index is -0.260. The van der Waals surface area contributed by atoms with Crippen LogP contribution >= 0.6 is 0 Å². The van der Waals surface area contributed by atoms with Crippen molar-refractivity contribution in [1.29, 1.82) is 0 Å². The first-order valence-corrected chi connectivity index (χ1v) is 9.48. The second-order valence-electron chi connectivity index (χ2n) is 7.25. The molecule has 0 amide bonds. The average molecular weight is 390 g/mol. The van der Waals surface area contributed by atoms with E-state index in [2.05, 4.69) is 25.8 Å². The van der Waals surface area contributed by atoms with Crippen molar-refractivity contribution in [3.8, 4) is 5.75 Å². The average Bonchev–Trinajstić information content (AvgIpc) is 3.11. The highest BCUT2D eigenvalue weighted by Gasteiger charge is 2.15. The van der Waals surface area contributed by atoms with Gasteiger partial charge in [0.1, 0.15) is 17.5 Å². The molecule has 1 atom stereocenters. The fourth-order valence-corrected chi connectivity index (χ4v) is 2.47. The molecule has 0 aliphatic rings. The summed E-state index contributed by atoms with van der Waals surface area (Å²) < 4.78 is 16.8. The Bertz CT molecular complexity index is 767. The Balaban J connectivity index is 1.91. The standard InChI is InChI=1S/C20H31N5O3/c1-7-26-14(2)18-24-17(28-25-18)13-23-19(21-6)22-12-15-10-8-9-11-16(15)27-20(3,4)5/h8-11,14H,7,12-13H2,1-6H3,(H2,21,22,23). The van der Waals surface area contributed by atoms with Crippen LogP contribution < -0.4 is 15.4 Å². The minimum absolute atomic E-state index is 0.195. The number of rotatable bonds is 8. The zero-order chi connectivity index (χ0) is 20.6. The van der Waals surface area contributed by atoms with Gasteiger partial charge < -0.3 is 24.6 Å². The van der Waals surface area contributed by atoms with Crippen LogP contribution in [0.25, 0.3) is 0 Å². The van der Waals surface area contributed by atoms with Crippen LogP contribution in [0.1, 0.15) is 58.0 Å². The third kappa shape index (κ3) is 6.84. The lowest BCUT2D eigenvalue weighted by molar-refractivity contribution is 0.0683. The van der Waals surface area contributed by atoms with Crippen molar-refractivity contribution in [3.63, 3.8) is 0 Å². The van der Waals surface area contributed by atoms with E-state index in [1.165, 1.54) is 0 Å². The number of nitrogens with zero attached hydrogens (tertiary/aromatic N) is 3. The van der Waals surface area contributed by atoms with Gasteiger partial charge in [0, 0.05) is 25.8 Å². The van der Waals surface area contributed by atoms with Crippen LogP contribution in [0.2, 0.25) is 0 Å². The maximum Gasteiger partial charge on any atom is 0.246 e. The summed E-state index contributed by atoms with van der Waals surface area (Å²) in [5.41, 5.74) is 0.788. The van der Waals surface area contributed by atoms with Gasteiger partial charge in [0.2, 0.25) is 5.89 Å². The van der Waals surface area contributed by atoms with E-state index in [1.54, 1.807) is 7.05 Å². The maximum atomic E-state index is 6.03. The molecule has 0 bridgehead atoms. The van der Waals surface area contributed by atoms with Gasteiger partial charge >= 0.3 is 0 Å². The highest BCUT2D eigenvalue weighted by atomic mass is 16.5. The van der Waals surface area contributed by atoms with E-state index in [0.717, 1.165) is 11.3 Å². The Morgan fingerprint density at radius 2 is 1.93 bits per heavy atom. The first-order valence-electron chi connectivity index (χ1n) is 9.48. The van der Waals surface area contributed by atoms with Crippen LogP contribution in [0.15, 0.2) is 33.8 Å². The summed E-state index contributed by atoms with van der Waals surface area (Å²) in [6.07, 6.45) is -0.195. The molecule has 1 aromatic heterocycles. The topological polar surface area (TPSA) is 93.8 Å². The second kappa shape index (κ2) is 10.1. The van der Waals surface area contributed by atoms with Crippen LogP contribution in [-0.2, 0) is 17.8 Å². The highest BCUT2D eigenvalue weighted by Crippen LogP contribution is 2.22. The van der Waals surface area contributed by atoms with Crippen molar-refractivity contribution in [2.75, 3.05) is 13.7 Å². The van der Waals surface area contributed by atoms with Gasteiger partial charge in [0.15, 0.2) is 11.8 Å². The number of aliphatic imine (C=N–C) groups is 1. The molecule has 0 saturated carbocycles. The fourth-order valence-electron chi connectivity index (χ4n) is 2.47. The van der Waals surface area contributed by atoms with Crippen molar-refractivity contribution in [2.24, 2.45) is 4.99 Å². The molecule has 2 rings (SSSR count). The van der Waals surface area contributed by atoms with Gasteiger partial charge in [-0.1, -0.05) is 23.4 Å². The lowest BCUT2D eigenvalue weighted by atomic mass is 10.1. The quantitative estimate of drug-likeness (QED) is 0.529. The Labute approximate surface area is 166 Å². The second-order valence-corrected chi connectivity index (χ2v) is 7.25. The molecule has 0 radical (unpaired) electrons. The predicted octanol–water partition coefficient (Wildman–Crippen LogP) is 3.21. The van der Waals surface area contributed by atoms with Crippen molar-refractivity contribution in [2.45, 2.75) is 59.4 Å². The number of guanidine groups is 1. The van der Waals surface area contributed by atoms with Gasteiger partial charge in [-0.2, -0.15) is 4.98 Å². The highest BCUT2D eigenvalue weighted by molar-refractivity contribution is 5.79. The number of ether oxygens (including phenoxy) is 2.